The third-order valence-corrected chi connectivity index (χ3v) is 13.6. The first-order valence-corrected chi connectivity index (χ1v) is 32.7. The minimum atomic E-state index is -0.797. The summed E-state index contributed by atoms with van der Waals surface area (Å²) < 4.78 is 16.9. The summed E-state index contributed by atoms with van der Waals surface area (Å²) in [5, 5.41) is 0. The summed E-state index contributed by atoms with van der Waals surface area (Å²) in [6, 6.07) is 0. The quantitative estimate of drug-likeness (QED) is 0.0261. The number of esters is 3. The van der Waals surface area contributed by atoms with Gasteiger partial charge in [-0.1, -0.05) is 276 Å². The van der Waals surface area contributed by atoms with Crippen LogP contribution in [0.5, 0.6) is 0 Å². The Labute approximate surface area is 487 Å². The van der Waals surface area contributed by atoms with E-state index in [1.807, 2.05) is 0 Å². The molecule has 0 N–H and O–H groups in total. The van der Waals surface area contributed by atoms with Gasteiger partial charge in [-0.15, -0.1) is 0 Å². The molecule has 0 spiro atoms. The number of hydrogen-bond donors (Lipinski definition) is 0. The van der Waals surface area contributed by atoms with E-state index in [4.69, 9.17) is 14.2 Å². The molecule has 0 saturated heterocycles. The topological polar surface area (TPSA) is 78.9 Å². The lowest BCUT2D eigenvalue weighted by Gasteiger charge is -2.18. The van der Waals surface area contributed by atoms with Crippen LogP contribution in [0.1, 0.15) is 290 Å². The van der Waals surface area contributed by atoms with Gasteiger partial charge in [0.1, 0.15) is 13.2 Å². The van der Waals surface area contributed by atoms with Crippen LogP contribution in [0.3, 0.4) is 0 Å². The molecule has 0 heterocycles. The first kappa shape index (κ1) is 74.5. The predicted molar refractivity (Wildman–Crippen MR) is 343 cm³/mol. The highest BCUT2D eigenvalue weighted by molar-refractivity contribution is 5.71. The van der Waals surface area contributed by atoms with Gasteiger partial charge in [-0.25, -0.2) is 0 Å². The van der Waals surface area contributed by atoms with E-state index in [1.165, 1.54) is 103 Å². The lowest BCUT2D eigenvalue weighted by Crippen LogP contribution is -2.30. The van der Waals surface area contributed by atoms with E-state index in [-0.39, 0.29) is 31.1 Å². The molecule has 0 rings (SSSR count). The van der Waals surface area contributed by atoms with Crippen molar-refractivity contribution >= 4 is 17.9 Å². The summed E-state index contributed by atoms with van der Waals surface area (Å²) in [7, 11) is 0. The van der Waals surface area contributed by atoms with Gasteiger partial charge in [0.25, 0.3) is 0 Å². The van der Waals surface area contributed by atoms with E-state index in [0.717, 1.165) is 148 Å². The molecular formula is C73H120O6. The maximum Gasteiger partial charge on any atom is 0.306 e. The van der Waals surface area contributed by atoms with Crippen LogP contribution in [0.25, 0.3) is 0 Å². The van der Waals surface area contributed by atoms with Gasteiger partial charge in [-0.05, 0) is 128 Å². The fourth-order valence-corrected chi connectivity index (χ4v) is 8.85. The zero-order valence-electron chi connectivity index (χ0n) is 51.3. The maximum atomic E-state index is 12.9. The molecule has 0 bridgehead atoms. The molecule has 1 unspecified atom stereocenters. The SMILES string of the molecule is CC/C=C\C/C=C\C/C=C\C/C=C\CCCCCCCCCCCCCCC(=O)OCC(COC(=O)CCCCCCCCC/C=C\C/C=C\C/C=C\CC)OC(=O)CCCCCCCC/C=C\C/C=C\C/C=C\C/C=C\CC. The Morgan fingerprint density at radius 2 is 0.456 bits per heavy atom. The van der Waals surface area contributed by atoms with Crippen molar-refractivity contribution in [2.75, 3.05) is 13.2 Å². The second-order valence-corrected chi connectivity index (χ2v) is 21.2. The van der Waals surface area contributed by atoms with E-state index < -0.39 is 6.10 Å². The van der Waals surface area contributed by atoms with Gasteiger partial charge in [0.2, 0.25) is 0 Å². The van der Waals surface area contributed by atoms with Gasteiger partial charge >= 0.3 is 17.9 Å². The van der Waals surface area contributed by atoms with Gasteiger partial charge in [-0.3, -0.25) is 14.4 Å². The van der Waals surface area contributed by atoms with Crippen molar-refractivity contribution in [1.29, 1.82) is 0 Å². The van der Waals surface area contributed by atoms with E-state index in [9.17, 15) is 14.4 Å². The van der Waals surface area contributed by atoms with Crippen LogP contribution in [0.15, 0.2) is 134 Å². The monoisotopic (exact) mass is 1090 g/mol. The van der Waals surface area contributed by atoms with E-state index in [2.05, 4.69) is 154 Å². The largest absolute Gasteiger partial charge is 0.462 e. The average molecular weight is 1090 g/mol. The Bertz CT molecular complexity index is 1680. The van der Waals surface area contributed by atoms with Crippen molar-refractivity contribution in [2.45, 2.75) is 297 Å². The van der Waals surface area contributed by atoms with Crippen LogP contribution in [0, 0.1) is 0 Å². The highest BCUT2D eigenvalue weighted by Crippen LogP contribution is 2.16. The minimum absolute atomic E-state index is 0.0911. The normalized spacial score (nSPS) is 13.0. The number of allylic oxidation sites excluding steroid dienone is 22. The van der Waals surface area contributed by atoms with E-state index in [0.29, 0.717) is 19.3 Å². The first-order chi connectivity index (χ1) is 39.0. The number of carbonyl (C=O) groups excluding carboxylic acids is 3. The summed E-state index contributed by atoms with van der Waals surface area (Å²) >= 11 is 0. The van der Waals surface area contributed by atoms with E-state index in [1.54, 1.807) is 0 Å². The molecule has 1 atom stereocenters. The van der Waals surface area contributed by atoms with Crippen LogP contribution in [0.2, 0.25) is 0 Å². The molecule has 0 amide bonds. The smallest absolute Gasteiger partial charge is 0.306 e. The molecule has 6 heteroatoms. The third-order valence-electron chi connectivity index (χ3n) is 13.6. The Hall–Kier alpha value is -4.45. The van der Waals surface area contributed by atoms with Gasteiger partial charge < -0.3 is 14.2 Å². The van der Waals surface area contributed by atoms with Crippen LogP contribution in [-0.4, -0.2) is 37.2 Å². The molecule has 0 aliphatic rings. The lowest BCUT2D eigenvalue weighted by atomic mass is 10.0. The molecule has 0 aliphatic carbocycles. The fraction of sp³-hybridized carbons (Fsp3) is 0.658. The Kier molecular flexibility index (Phi) is 62.3. The van der Waals surface area contributed by atoms with Crippen LogP contribution in [0.4, 0.5) is 0 Å². The molecule has 79 heavy (non-hydrogen) atoms. The number of carbonyl (C=O) groups is 3. The second-order valence-electron chi connectivity index (χ2n) is 21.2. The number of rotatable bonds is 58. The molecule has 0 aromatic rings. The van der Waals surface area contributed by atoms with Crippen LogP contribution >= 0.6 is 0 Å². The minimum Gasteiger partial charge on any atom is -0.462 e. The van der Waals surface area contributed by atoms with Crippen molar-refractivity contribution in [3.63, 3.8) is 0 Å². The van der Waals surface area contributed by atoms with Gasteiger partial charge in [0.05, 0.1) is 0 Å². The Morgan fingerprint density at radius 3 is 0.709 bits per heavy atom. The maximum absolute atomic E-state index is 12.9. The Balaban J connectivity index is 4.40. The molecular weight excluding hydrogens is 973 g/mol. The standard InChI is InChI=1S/C73H120O6/c1-4-7-10-13-16-19-22-25-28-31-33-34-35-36-37-38-40-42-45-48-51-54-57-60-63-66-72(75)78-69-70(68-77-71(74)65-62-59-56-53-50-47-44-41-30-27-24-21-18-15-12-9-6-3)79-73(76)67-64-61-58-55-52-49-46-43-39-32-29-26-23-20-17-14-11-8-5-2/h7-12,16-21,25-30,33-34,39,43,70H,4-6,13-15,22-24,31-32,35-38,40-42,44-69H2,1-3H3/b10-7-,11-8-,12-9-,19-16-,20-17-,21-18-,28-25-,29-26-,30-27-,34-33-,43-39-. The van der Waals surface area contributed by atoms with Crippen molar-refractivity contribution in [3.8, 4) is 0 Å². The third kappa shape index (κ3) is 64.3. The summed E-state index contributed by atoms with van der Waals surface area (Å²) in [5.74, 6) is -0.912. The fourth-order valence-electron chi connectivity index (χ4n) is 8.85. The van der Waals surface area contributed by atoms with Gasteiger partial charge in [0, 0.05) is 19.3 Å². The highest BCUT2D eigenvalue weighted by atomic mass is 16.6. The second kappa shape index (κ2) is 66.1. The lowest BCUT2D eigenvalue weighted by molar-refractivity contribution is -0.167. The molecule has 0 aliphatic heterocycles. The summed E-state index contributed by atoms with van der Waals surface area (Å²) in [4.78, 5) is 38.4. The van der Waals surface area contributed by atoms with Crippen molar-refractivity contribution in [1.82, 2.24) is 0 Å². The number of hydrogen-bond acceptors (Lipinski definition) is 6. The zero-order chi connectivity index (χ0) is 57.1. The van der Waals surface area contributed by atoms with E-state index >= 15 is 0 Å². The van der Waals surface area contributed by atoms with Crippen molar-refractivity contribution < 1.29 is 28.6 Å². The average Bonchev–Trinajstić information content (AvgIpc) is 3.45. The highest BCUT2D eigenvalue weighted by Gasteiger charge is 2.19. The molecule has 448 valence electrons. The Morgan fingerprint density at radius 1 is 0.253 bits per heavy atom. The molecule has 0 fully saturated rings. The van der Waals surface area contributed by atoms with Crippen LogP contribution in [-0.2, 0) is 28.6 Å². The summed E-state index contributed by atoms with van der Waals surface area (Å²) in [6.07, 6.45) is 93.1. The van der Waals surface area contributed by atoms with Gasteiger partial charge in [0.15, 0.2) is 6.10 Å². The van der Waals surface area contributed by atoms with Crippen molar-refractivity contribution in [3.05, 3.63) is 134 Å². The number of ether oxygens (including phenoxy) is 3. The van der Waals surface area contributed by atoms with Crippen molar-refractivity contribution in [2.24, 2.45) is 0 Å². The molecule has 0 aromatic carbocycles. The summed E-state index contributed by atoms with van der Waals surface area (Å²) in [5.41, 5.74) is 0. The number of unbranched alkanes of at least 4 members (excludes halogenated alkanes) is 25. The molecule has 6 nitrogen and oxygen atoms in total. The summed E-state index contributed by atoms with van der Waals surface area (Å²) in [6.45, 7) is 6.30. The zero-order valence-corrected chi connectivity index (χ0v) is 51.3. The molecule has 0 aromatic heterocycles. The molecule has 0 saturated carbocycles. The molecule has 0 radical (unpaired) electrons. The van der Waals surface area contributed by atoms with Crippen LogP contribution < -0.4 is 0 Å². The van der Waals surface area contributed by atoms with Gasteiger partial charge in [-0.2, -0.15) is 0 Å². The first-order valence-electron chi connectivity index (χ1n) is 32.7. The predicted octanol–water partition coefficient (Wildman–Crippen LogP) is 22.5.